The van der Waals surface area contributed by atoms with Crippen LogP contribution in [0.5, 0.6) is 11.5 Å². The number of ether oxygens (including phenoxy) is 2. The summed E-state index contributed by atoms with van der Waals surface area (Å²) in [6, 6.07) is 13.5. The fourth-order valence-corrected chi connectivity index (χ4v) is 3.46. The van der Waals surface area contributed by atoms with Gasteiger partial charge in [0.2, 0.25) is 0 Å². The van der Waals surface area contributed by atoms with E-state index in [0.717, 1.165) is 27.8 Å². The molecule has 28 heavy (non-hydrogen) atoms. The first kappa shape index (κ1) is 19.6. The van der Waals surface area contributed by atoms with Gasteiger partial charge in [0.1, 0.15) is 6.61 Å². The first-order valence-corrected chi connectivity index (χ1v) is 9.38. The van der Waals surface area contributed by atoms with Crippen LogP contribution in [0.2, 0.25) is 0 Å². The van der Waals surface area contributed by atoms with Crippen LogP contribution in [0, 0.1) is 19.3 Å². The number of methoxy groups -OCH3 is 1. The van der Waals surface area contributed by atoms with Gasteiger partial charge in [0.25, 0.3) is 11.1 Å². The zero-order valence-corrected chi connectivity index (χ0v) is 16.4. The minimum Gasteiger partial charge on any atom is -0.493 e. The summed E-state index contributed by atoms with van der Waals surface area (Å²) in [6.07, 6.45) is 6.85. The second kappa shape index (κ2) is 8.68. The zero-order chi connectivity index (χ0) is 20.1. The van der Waals surface area contributed by atoms with Crippen molar-refractivity contribution in [3.8, 4) is 23.8 Å². The molecule has 2 amide bonds. The van der Waals surface area contributed by atoms with Crippen molar-refractivity contribution >= 4 is 29.0 Å². The van der Waals surface area contributed by atoms with Crippen molar-refractivity contribution in [2.24, 2.45) is 0 Å². The van der Waals surface area contributed by atoms with Gasteiger partial charge in [-0.3, -0.25) is 14.5 Å². The maximum Gasteiger partial charge on any atom is 0.294 e. The lowest BCUT2D eigenvalue weighted by Gasteiger charge is -2.12. The van der Waals surface area contributed by atoms with Gasteiger partial charge < -0.3 is 9.47 Å². The summed E-state index contributed by atoms with van der Waals surface area (Å²) in [4.78, 5) is 25.5. The number of amides is 2. The van der Waals surface area contributed by atoms with Crippen molar-refractivity contribution in [1.82, 2.24) is 4.90 Å². The van der Waals surface area contributed by atoms with Crippen LogP contribution in [-0.4, -0.2) is 29.7 Å². The molecule has 6 heteroatoms. The number of carbonyl (C=O) groups is 2. The van der Waals surface area contributed by atoms with E-state index in [1.807, 2.05) is 37.3 Å². The van der Waals surface area contributed by atoms with Gasteiger partial charge in [-0.1, -0.05) is 41.8 Å². The monoisotopic (exact) mass is 393 g/mol. The summed E-state index contributed by atoms with van der Waals surface area (Å²) in [5.41, 5.74) is 2.97. The highest BCUT2D eigenvalue weighted by molar-refractivity contribution is 8.18. The smallest absolute Gasteiger partial charge is 0.294 e. The van der Waals surface area contributed by atoms with Crippen LogP contribution in [0.1, 0.15) is 16.7 Å². The number of imide groups is 1. The van der Waals surface area contributed by atoms with E-state index in [9.17, 15) is 9.59 Å². The van der Waals surface area contributed by atoms with E-state index in [2.05, 4.69) is 5.92 Å². The number of thioether (sulfide) groups is 1. The number of benzene rings is 2. The Balaban J connectivity index is 1.76. The summed E-state index contributed by atoms with van der Waals surface area (Å²) < 4.78 is 11.3. The molecule has 0 radical (unpaired) electrons. The standard InChI is InChI=1S/C22H19NO4S/c1-4-11-23-21(24)20(28-22(23)25)13-17-9-10-18(19(12-17)26-3)27-14-16-7-5-15(2)6-8-16/h1,5-10,12-13H,11,14H2,2-3H3. The fourth-order valence-electron chi connectivity index (χ4n) is 2.62. The number of hydrogen-bond acceptors (Lipinski definition) is 5. The molecule has 5 nitrogen and oxygen atoms in total. The molecule has 1 aliphatic rings. The van der Waals surface area contributed by atoms with Gasteiger partial charge in [-0.25, -0.2) is 0 Å². The third kappa shape index (κ3) is 4.38. The summed E-state index contributed by atoms with van der Waals surface area (Å²) in [6.45, 7) is 2.42. The Hall–Kier alpha value is -3.17. The largest absolute Gasteiger partial charge is 0.493 e. The number of hydrogen-bond donors (Lipinski definition) is 0. The Labute approximate surface area is 168 Å². The van der Waals surface area contributed by atoms with Gasteiger partial charge in [-0.15, -0.1) is 6.42 Å². The molecule has 1 saturated heterocycles. The van der Waals surface area contributed by atoms with Crippen LogP contribution in [0.4, 0.5) is 4.79 Å². The minimum absolute atomic E-state index is 0.0306. The average molecular weight is 393 g/mol. The molecule has 0 unspecified atom stereocenters. The molecule has 1 fully saturated rings. The Morgan fingerprint density at radius 2 is 1.89 bits per heavy atom. The van der Waals surface area contributed by atoms with Gasteiger partial charge in [0.05, 0.1) is 18.6 Å². The molecular formula is C22H19NO4S. The van der Waals surface area contributed by atoms with Crippen LogP contribution in [-0.2, 0) is 11.4 Å². The van der Waals surface area contributed by atoms with Crippen LogP contribution < -0.4 is 9.47 Å². The highest BCUT2D eigenvalue weighted by Crippen LogP contribution is 2.34. The van der Waals surface area contributed by atoms with Gasteiger partial charge in [0.15, 0.2) is 11.5 Å². The Bertz CT molecular complexity index is 973. The quantitative estimate of drug-likeness (QED) is 0.542. The first-order valence-electron chi connectivity index (χ1n) is 8.57. The van der Waals surface area contributed by atoms with Crippen LogP contribution in [0.3, 0.4) is 0 Å². The Kier molecular flexibility index (Phi) is 6.07. The van der Waals surface area contributed by atoms with E-state index in [1.165, 1.54) is 5.56 Å². The van der Waals surface area contributed by atoms with Crippen molar-refractivity contribution in [3.63, 3.8) is 0 Å². The van der Waals surface area contributed by atoms with Gasteiger partial charge in [0, 0.05) is 0 Å². The predicted octanol–water partition coefficient (Wildman–Crippen LogP) is 4.25. The molecule has 0 aliphatic carbocycles. The van der Waals surface area contributed by atoms with Gasteiger partial charge in [-0.2, -0.15) is 0 Å². The number of aryl methyl sites for hydroxylation is 1. The summed E-state index contributed by atoms with van der Waals surface area (Å²) in [5.74, 6) is 3.08. The topological polar surface area (TPSA) is 55.8 Å². The summed E-state index contributed by atoms with van der Waals surface area (Å²) in [5, 5.41) is -0.362. The molecule has 0 bridgehead atoms. The van der Waals surface area contributed by atoms with Crippen molar-refractivity contribution in [1.29, 1.82) is 0 Å². The molecule has 0 aromatic heterocycles. The van der Waals surface area contributed by atoms with Crippen molar-refractivity contribution in [2.75, 3.05) is 13.7 Å². The zero-order valence-electron chi connectivity index (χ0n) is 15.6. The Morgan fingerprint density at radius 3 is 2.57 bits per heavy atom. The number of rotatable bonds is 6. The highest BCUT2D eigenvalue weighted by Gasteiger charge is 2.34. The molecular weight excluding hydrogens is 374 g/mol. The molecule has 3 rings (SSSR count). The lowest BCUT2D eigenvalue weighted by molar-refractivity contribution is -0.122. The van der Waals surface area contributed by atoms with E-state index in [4.69, 9.17) is 15.9 Å². The molecule has 1 heterocycles. The lowest BCUT2D eigenvalue weighted by Crippen LogP contribution is -2.28. The first-order chi connectivity index (χ1) is 13.5. The molecule has 0 spiro atoms. The fraction of sp³-hybridized carbons (Fsp3) is 0.182. The van der Waals surface area contributed by atoms with E-state index in [0.29, 0.717) is 23.0 Å². The van der Waals surface area contributed by atoms with E-state index in [-0.39, 0.29) is 17.7 Å². The van der Waals surface area contributed by atoms with Gasteiger partial charge >= 0.3 is 0 Å². The molecule has 0 saturated carbocycles. The molecule has 2 aromatic carbocycles. The number of carbonyl (C=O) groups excluding carboxylic acids is 2. The maximum atomic E-state index is 12.3. The number of terminal acetylenes is 1. The molecule has 0 N–H and O–H groups in total. The molecule has 2 aromatic rings. The highest BCUT2D eigenvalue weighted by atomic mass is 32.2. The third-order valence-electron chi connectivity index (χ3n) is 4.12. The maximum absolute atomic E-state index is 12.3. The predicted molar refractivity (Wildman–Crippen MR) is 110 cm³/mol. The van der Waals surface area contributed by atoms with Crippen molar-refractivity contribution in [2.45, 2.75) is 13.5 Å². The summed E-state index contributed by atoms with van der Waals surface area (Å²) in [7, 11) is 1.55. The van der Waals surface area contributed by atoms with Crippen LogP contribution in [0.15, 0.2) is 47.4 Å². The van der Waals surface area contributed by atoms with Crippen molar-refractivity contribution < 1.29 is 19.1 Å². The Morgan fingerprint density at radius 1 is 1.14 bits per heavy atom. The average Bonchev–Trinajstić information content (AvgIpc) is 2.96. The van der Waals surface area contributed by atoms with E-state index < -0.39 is 0 Å². The van der Waals surface area contributed by atoms with E-state index >= 15 is 0 Å². The minimum atomic E-state index is -0.383. The lowest BCUT2D eigenvalue weighted by atomic mass is 10.1. The SMILES string of the molecule is C#CCN1C(=O)SC(=Cc2ccc(OCc3ccc(C)cc3)c(OC)c2)C1=O. The molecule has 0 atom stereocenters. The second-order valence-electron chi connectivity index (χ2n) is 6.16. The van der Waals surface area contributed by atoms with Crippen LogP contribution in [0.25, 0.3) is 6.08 Å². The normalized spacial score (nSPS) is 15.0. The molecule has 1 aliphatic heterocycles. The van der Waals surface area contributed by atoms with E-state index in [1.54, 1.807) is 25.3 Å². The van der Waals surface area contributed by atoms with Crippen LogP contribution >= 0.6 is 11.8 Å². The van der Waals surface area contributed by atoms with Crippen molar-refractivity contribution in [3.05, 3.63) is 64.1 Å². The third-order valence-corrected chi connectivity index (χ3v) is 5.03. The second-order valence-corrected chi connectivity index (χ2v) is 7.15. The molecule has 142 valence electrons. The van der Waals surface area contributed by atoms with Gasteiger partial charge in [-0.05, 0) is 48.0 Å². The number of nitrogens with zero attached hydrogens (tertiary/aromatic N) is 1. The summed E-state index contributed by atoms with van der Waals surface area (Å²) >= 11 is 0.874.